The van der Waals surface area contributed by atoms with E-state index in [2.05, 4.69) is 28.8 Å². The lowest BCUT2D eigenvalue weighted by atomic mass is 9.94. The van der Waals surface area contributed by atoms with E-state index in [-0.39, 0.29) is 12.0 Å². The van der Waals surface area contributed by atoms with Crippen molar-refractivity contribution < 1.29 is 9.84 Å². The lowest BCUT2D eigenvalue weighted by molar-refractivity contribution is -0.0366. The van der Waals surface area contributed by atoms with Gasteiger partial charge in [0, 0.05) is 5.92 Å². The van der Waals surface area contributed by atoms with Crippen molar-refractivity contribution in [2.45, 2.75) is 59.0 Å². The number of ether oxygens (including phenoxy) is 1. The van der Waals surface area contributed by atoms with Crippen molar-refractivity contribution in [3.05, 3.63) is 17.8 Å². The minimum Gasteiger partial charge on any atom is -0.388 e. The summed E-state index contributed by atoms with van der Waals surface area (Å²) in [5, 5.41) is 10.7. The van der Waals surface area contributed by atoms with Gasteiger partial charge in [0.2, 0.25) is 0 Å². The number of aromatic nitrogens is 4. The van der Waals surface area contributed by atoms with Crippen LogP contribution in [0.3, 0.4) is 0 Å². The molecule has 1 N–H and O–H groups in total. The van der Waals surface area contributed by atoms with Crippen LogP contribution in [0.4, 0.5) is 0 Å². The molecule has 3 rings (SSSR count). The van der Waals surface area contributed by atoms with Crippen LogP contribution in [0.25, 0.3) is 11.2 Å². The van der Waals surface area contributed by atoms with Crippen LogP contribution in [0.5, 0.6) is 0 Å². The molecule has 2 aromatic rings. The SMILES string of the molecule is CCC1C(O)[C@H](n2c(C)nc3c(C)ncnc32)O[C@@H]1CC. The van der Waals surface area contributed by atoms with Crippen LogP contribution < -0.4 is 0 Å². The third kappa shape index (κ3) is 2.13. The molecule has 0 saturated carbocycles. The van der Waals surface area contributed by atoms with Crippen molar-refractivity contribution in [1.29, 1.82) is 0 Å². The number of hydrogen-bond acceptors (Lipinski definition) is 5. The second kappa shape index (κ2) is 5.35. The highest BCUT2D eigenvalue weighted by atomic mass is 16.5. The van der Waals surface area contributed by atoms with Crippen molar-refractivity contribution in [3.8, 4) is 0 Å². The molecule has 2 aromatic heterocycles. The molecule has 6 nitrogen and oxygen atoms in total. The van der Waals surface area contributed by atoms with E-state index in [0.29, 0.717) is 0 Å². The van der Waals surface area contributed by atoms with Crippen LogP contribution in [0, 0.1) is 19.8 Å². The van der Waals surface area contributed by atoms with Crippen LogP contribution in [-0.2, 0) is 4.74 Å². The molecule has 0 aromatic carbocycles. The Labute approximate surface area is 124 Å². The Kier molecular flexibility index (Phi) is 3.67. The molecule has 3 heterocycles. The quantitative estimate of drug-likeness (QED) is 0.937. The van der Waals surface area contributed by atoms with Crippen LogP contribution in [0.1, 0.15) is 44.4 Å². The Balaban J connectivity index is 2.09. The highest BCUT2D eigenvalue weighted by molar-refractivity contribution is 5.73. The molecule has 1 fully saturated rings. The van der Waals surface area contributed by atoms with E-state index < -0.39 is 12.3 Å². The van der Waals surface area contributed by atoms with Gasteiger partial charge in [-0.2, -0.15) is 0 Å². The van der Waals surface area contributed by atoms with Gasteiger partial charge in [0.15, 0.2) is 11.9 Å². The number of fused-ring (bicyclic) bond motifs is 1. The molecule has 6 heteroatoms. The molecule has 1 aliphatic rings. The minimum absolute atomic E-state index is 0.0785. The van der Waals surface area contributed by atoms with Gasteiger partial charge in [-0.05, 0) is 26.7 Å². The standard InChI is InChI=1S/C15H22N4O2/c1-5-10-11(6-2)21-15(13(10)20)19-9(4)18-12-8(3)16-7-17-14(12)19/h7,10-11,13,15,20H,5-6H2,1-4H3/t10?,11-,13?,15-/m1/s1. The summed E-state index contributed by atoms with van der Waals surface area (Å²) >= 11 is 0. The van der Waals surface area contributed by atoms with E-state index in [4.69, 9.17) is 4.74 Å². The number of aliphatic hydroxyl groups excluding tert-OH is 1. The lowest BCUT2D eigenvalue weighted by Gasteiger charge is -2.19. The maximum absolute atomic E-state index is 10.7. The van der Waals surface area contributed by atoms with E-state index in [0.717, 1.165) is 35.5 Å². The van der Waals surface area contributed by atoms with E-state index >= 15 is 0 Å². The van der Waals surface area contributed by atoms with Crippen molar-refractivity contribution >= 4 is 11.2 Å². The first-order valence-corrected chi connectivity index (χ1v) is 7.58. The monoisotopic (exact) mass is 290 g/mol. The lowest BCUT2D eigenvalue weighted by Crippen LogP contribution is -2.26. The predicted molar refractivity (Wildman–Crippen MR) is 78.8 cm³/mol. The molecule has 0 radical (unpaired) electrons. The van der Waals surface area contributed by atoms with Crippen molar-refractivity contribution in [2.75, 3.05) is 0 Å². The highest BCUT2D eigenvalue weighted by Crippen LogP contribution is 2.39. The van der Waals surface area contributed by atoms with Crippen LogP contribution >= 0.6 is 0 Å². The summed E-state index contributed by atoms with van der Waals surface area (Å²) in [6, 6.07) is 0. The van der Waals surface area contributed by atoms with Crippen molar-refractivity contribution in [2.24, 2.45) is 5.92 Å². The molecular formula is C15H22N4O2. The molecule has 0 aliphatic carbocycles. The zero-order chi connectivity index (χ0) is 15.1. The predicted octanol–water partition coefficient (Wildman–Crippen LogP) is 2.14. The number of imidazole rings is 1. The fourth-order valence-electron chi connectivity index (χ4n) is 3.34. The summed E-state index contributed by atoms with van der Waals surface area (Å²) in [7, 11) is 0. The molecular weight excluding hydrogens is 268 g/mol. The largest absolute Gasteiger partial charge is 0.388 e. The van der Waals surface area contributed by atoms with Crippen LogP contribution in [0.2, 0.25) is 0 Å². The molecule has 0 spiro atoms. The fourth-order valence-corrected chi connectivity index (χ4v) is 3.34. The van der Waals surface area contributed by atoms with Gasteiger partial charge in [-0.15, -0.1) is 0 Å². The van der Waals surface area contributed by atoms with E-state index in [1.807, 2.05) is 18.4 Å². The molecule has 1 aliphatic heterocycles. The first-order chi connectivity index (χ1) is 10.1. The molecule has 4 atom stereocenters. The summed E-state index contributed by atoms with van der Waals surface area (Å²) in [5.74, 6) is 0.948. The van der Waals surface area contributed by atoms with Gasteiger partial charge >= 0.3 is 0 Å². The normalized spacial score (nSPS) is 29.4. The maximum Gasteiger partial charge on any atom is 0.165 e. The third-order valence-electron chi connectivity index (χ3n) is 4.49. The van der Waals surface area contributed by atoms with Gasteiger partial charge in [0.1, 0.15) is 23.8 Å². The summed E-state index contributed by atoms with van der Waals surface area (Å²) in [4.78, 5) is 13.1. The molecule has 2 unspecified atom stereocenters. The van der Waals surface area contributed by atoms with Crippen molar-refractivity contribution in [1.82, 2.24) is 19.5 Å². The van der Waals surface area contributed by atoms with Crippen LogP contribution in [0.15, 0.2) is 6.33 Å². The molecule has 0 amide bonds. The second-order valence-electron chi connectivity index (χ2n) is 5.70. The van der Waals surface area contributed by atoms with Gasteiger partial charge in [-0.3, -0.25) is 4.57 Å². The summed E-state index contributed by atoms with van der Waals surface area (Å²) < 4.78 is 8.02. The molecule has 21 heavy (non-hydrogen) atoms. The second-order valence-corrected chi connectivity index (χ2v) is 5.70. The van der Waals surface area contributed by atoms with Crippen molar-refractivity contribution in [3.63, 3.8) is 0 Å². The van der Waals surface area contributed by atoms with Crippen LogP contribution in [-0.4, -0.2) is 36.8 Å². The summed E-state index contributed by atoms with van der Waals surface area (Å²) in [5.41, 5.74) is 2.35. The first kappa shape index (κ1) is 14.4. The van der Waals surface area contributed by atoms with Gasteiger partial charge < -0.3 is 9.84 Å². The number of aliphatic hydroxyl groups is 1. The van der Waals surface area contributed by atoms with E-state index in [1.54, 1.807) is 0 Å². The molecule has 114 valence electrons. The van der Waals surface area contributed by atoms with Gasteiger partial charge in [0.05, 0.1) is 11.8 Å². The Hall–Kier alpha value is -1.53. The fraction of sp³-hybridized carbons (Fsp3) is 0.667. The topological polar surface area (TPSA) is 73.1 Å². The number of hydrogen-bond donors (Lipinski definition) is 1. The number of nitrogens with zero attached hydrogens (tertiary/aromatic N) is 4. The maximum atomic E-state index is 10.7. The minimum atomic E-state index is -0.536. The summed E-state index contributed by atoms with van der Waals surface area (Å²) in [6.07, 6.45) is 2.45. The van der Waals surface area contributed by atoms with Gasteiger partial charge in [0.25, 0.3) is 0 Å². The number of aryl methyl sites for hydroxylation is 2. The van der Waals surface area contributed by atoms with Gasteiger partial charge in [-0.1, -0.05) is 13.8 Å². The zero-order valence-corrected chi connectivity index (χ0v) is 12.9. The average molecular weight is 290 g/mol. The van der Waals surface area contributed by atoms with E-state index in [1.165, 1.54) is 6.33 Å². The number of rotatable bonds is 3. The molecule has 1 saturated heterocycles. The summed E-state index contributed by atoms with van der Waals surface area (Å²) in [6.45, 7) is 8.01. The first-order valence-electron chi connectivity index (χ1n) is 7.58. The highest BCUT2D eigenvalue weighted by Gasteiger charge is 2.43. The Bertz CT molecular complexity index is 654. The van der Waals surface area contributed by atoms with E-state index in [9.17, 15) is 5.11 Å². The molecule has 0 bridgehead atoms. The smallest absolute Gasteiger partial charge is 0.165 e. The van der Waals surface area contributed by atoms with Gasteiger partial charge in [-0.25, -0.2) is 15.0 Å². The Morgan fingerprint density at radius 1 is 1.24 bits per heavy atom. The Morgan fingerprint density at radius 2 is 2.00 bits per heavy atom. The Morgan fingerprint density at radius 3 is 2.62 bits per heavy atom. The zero-order valence-electron chi connectivity index (χ0n) is 12.9. The average Bonchev–Trinajstić information content (AvgIpc) is 2.96. The third-order valence-corrected chi connectivity index (χ3v) is 4.49.